The molecule has 0 spiro atoms. The fraction of sp³-hybridized carbons (Fsp3) is 0.400. The number of pyridine rings is 1. The van der Waals surface area contributed by atoms with Crippen LogP contribution < -0.4 is 10.2 Å². The Morgan fingerprint density at radius 2 is 2.14 bits per heavy atom. The molecule has 21 heavy (non-hydrogen) atoms. The highest BCUT2D eigenvalue weighted by molar-refractivity contribution is 7.09. The minimum atomic E-state index is -0.669. The topological polar surface area (TPSA) is 28.2 Å². The summed E-state index contributed by atoms with van der Waals surface area (Å²) >= 11 is 1.67. The van der Waals surface area contributed by atoms with E-state index in [1.807, 2.05) is 31.4 Å². The second-order valence-corrected chi connectivity index (χ2v) is 5.93. The van der Waals surface area contributed by atoms with Crippen LogP contribution in [0.1, 0.15) is 18.7 Å². The molecule has 2 aromatic heterocycles. The maximum atomic E-state index is 14.0. The SMILES string of the molecule is CCNc1nc(N(C)C(C)Cc2cccs2)c(F)cc1F. The van der Waals surface area contributed by atoms with Gasteiger partial charge in [0.2, 0.25) is 0 Å². The van der Waals surface area contributed by atoms with E-state index in [0.29, 0.717) is 6.54 Å². The number of hydrogen-bond donors (Lipinski definition) is 1. The Morgan fingerprint density at radius 3 is 2.76 bits per heavy atom. The van der Waals surface area contributed by atoms with Gasteiger partial charge in [0.25, 0.3) is 0 Å². The molecule has 0 bridgehead atoms. The number of thiophene rings is 1. The lowest BCUT2D eigenvalue weighted by molar-refractivity contribution is 0.563. The molecule has 2 heterocycles. The third kappa shape index (κ3) is 3.69. The van der Waals surface area contributed by atoms with Crippen LogP contribution in [0.25, 0.3) is 0 Å². The Bertz CT molecular complexity index is 587. The lowest BCUT2D eigenvalue weighted by Gasteiger charge is -2.26. The molecule has 114 valence electrons. The summed E-state index contributed by atoms with van der Waals surface area (Å²) in [5.74, 6) is -1.06. The molecular weight excluding hydrogens is 292 g/mol. The average molecular weight is 311 g/mol. The first kappa shape index (κ1) is 15.7. The second kappa shape index (κ2) is 6.85. The van der Waals surface area contributed by atoms with Gasteiger partial charge in [-0.25, -0.2) is 13.8 Å². The van der Waals surface area contributed by atoms with Crippen molar-refractivity contribution in [1.82, 2.24) is 4.98 Å². The van der Waals surface area contributed by atoms with Crippen LogP contribution in [-0.4, -0.2) is 24.6 Å². The first-order chi connectivity index (χ1) is 10.0. The van der Waals surface area contributed by atoms with E-state index in [-0.39, 0.29) is 17.7 Å². The molecule has 0 aliphatic carbocycles. The van der Waals surface area contributed by atoms with Crippen molar-refractivity contribution >= 4 is 23.0 Å². The van der Waals surface area contributed by atoms with Crippen LogP contribution in [0.5, 0.6) is 0 Å². The minimum absolute atomic E-state index is 0.0607. The zero-order chi connectivity index (χ0) is 15.4. The van der Waals surface area contributed by atoms with Gasteiger partial charge >= 0.3 is 0 Å². The van der Waals surface area contributed by atoms with Gasteiger partial charge in [-0.15, -0.1) is 11.3 Å². The molecular formula is C15H19F2N3S. The lowest BCUT2D eigenvalue weighted by Crippen LogP contribution is -2.32. The minimum Gasteiger partial charge on any atom is -0.368 e. The van der Waals surface area contributed by atoms with Gasteiger partial charge in [0.1, 0.15) is 0 Å². The Kier molecular flexibility index (Phi) is 5.12. The maximum Gasteiger partial charge on any atom is 0.168 e. The highest BCUT2D eigenvalue weighted by Crippen LogP contribution is 2.24. The summed E-state index contributed by atoms with van der Waals surface area (Å²) < 4.78 is 27.6. The van der Waals surface area contributed by atoms with Crippen molar-refractivity contribution in [3.8, 4) is 0 Å². The molecule has 2 rings (SSSR count). The van der Waals surface area contributed by atoms with Crippen LogP contribution in [0.15, 0.2) is 23.6 Å². The molecule has 2 aromatic rings. The molecule has 0 radical (unpaired) electrons. The first-order valence-electron chi connectivity index (χ1n) is 6.88. The predicted octanol–water partition coefficient (Wildman–Crippen LogP) is 3.92. The van der Waals surface area contributed by atoms with Crippen molar-refractivity contribution in [2.45, 2.75) is 26.3 Å². The molecule has 0 aromatic carbocycles. The van der Waals surface area contributed by atoms with E-state index >= 15 is 0 Å². The van der Waals surface area contributed by atoms with Crippen molar-refractivity contribution in [3.63, 3.8) is 0 Å². The van der Waals surface area contributed by atoms with Gasteiger partial charge in [0.05, 0.1) is 0 Å². The van der Waals surface area contributed by atoms with Gasteiger partial charge in [-0.05, 0) is 25.3 Å². The van der Waals surface area contributed by atoms with E-state index in [4.69, 9.17) is 0 Å². The molecule has 0 amide bonds. The summed E-state index contributed by atoms with van der Waals surface area (Å²) in [5.41, 5.74) is 0. The maximum absolute atomic E-state index is 14.0. The van der Waals surface area contributed by atoms with Crippen LogP contribution >= 0.6 is 11.3 Å². The number of hydrogen-bond acceptors (Lipinski definition) is 4. The molecule has 1 atom stereocenters. The number of halogens is 2. The monoisotopic (exact) mass is 311 g/mol. The largest absolute Gasteiger partial charge is 0.368 e. The van der Waals surface area contributed by atoms with Crippen molar-refractivity contribution in [2.75, 3.05) is 23.8 Å². The first-order valence-corrected chi connectivity index (χ1v) is 7.76. The summed E-state index contributed by atoms with van der Waals surface area (Å²) in [6.07, 6.45) is 0.795. The van der Waals surface area contributed by atoms with E-state index in [0.717, 1.165) is 12.5 Å². The van der Waals surface area contributed by atoms with Crippen LogP contribution in [0, 0.1) is 11.6 Å². The van der Waals surface area contributed by atoms with E-state index in [1.165, 1.54) is 4.88 Å². The van der Waals surface area contributed by atoms with Crippen LogP contribution in [0.4, 0.5) is 20.4 Å². The number of likely N-dealkylation sites (N-methyl/N-ethyl adjacent to an activating group) is 1. The Balaban J connectivity index is 2.21. The Hall–Kier alpha value is -1.69. The molecule has 0 fully saturated rings. The van der Waals surface area contributed by atoms with Gasteiger partial charge in [0.15, 0.2) is 23.3 Å². The zero-order valence-electron chi connectivity index (χ0n) is 12.4. The van der Waals surface area contributed by atoms with Crippen LogP contribution in [0.3, 0.4) is 0 Å². The molecule has 0 saturated heterocycles. The van der Waals surface area contributed by atoms with E-state index in [1.54, 1.807) is 23.3 Å². The van der Waals surface area contributed by atoms with Gasteiger partial charge in [-0.1, -0.05) is 6.07 Å². The van der Waals surface area contributed by atoms with E-state index in [9.17, 15) is 8.78 Å². The highest BCUT2D eigenvalue weighted by atomic mass is 32.1. The highest BCUT2D eigenvalue weighted by Gasteiger charge is 2.19. The quantitative estimate of drug-likeness (QED) is 0.876. The molecule has 1 N–H and O–H groups in total. The molecule has 6 heteroatoms. The van der Waals surface area contributed by atoms with E-state index in [2.05, 4.69) is 10.3 Å². The van der Waals surface area contributed by atoms with Crippen molar-refractivity contribution in [3.05, 3.63) is 40.1 Å². The summed E-state index contributed by atoms with van der Waals surface area (Å²) in [4.78, 5) is 7.05. The zero-order valence-corrected chi connectivity index (χ0v) is 13.2. The molecule has 0 aliphatic heterocycles. The van der Waals surface area contributed by atoms with Crippen molar-refractivity contribution < 1.29 is 8.78 Å². The third-order valence-electron chi connectivity index (χ3n) is 3.33. The summed E-state index contributed by atoms with van der Waals surface area (Å²) in [6, 6.07) is 4.99. The second-order valence-electron chi connectivity index (χ2n) is 4.90. The molecule has 0 aliphatic rings. The van der Waals surface area contributed by atoms with E-state index < -0.39 is 11.6 Å². The normalized spacial score (nSPS) is 12.2. The smallest absolute Gasteiger partial charge is 0.168 e. The number of aromatic nitrogens is 1. The van der Waals surface area contributed by atoms with Crippen LogP contribution in [0.2, 0.25) is 0 Å². The van der Waals surface area contributed by atoms with Gasteiger partial charge in [-0.2, -0.15) is 0 Å². The number of rotatable bonds is 6. The number of nitrogens with one attached hydrogen (secondary N) is 1. The average Bonchev–Trinajstić information content (AvgIpc) is 2.94. The fourth-order valence-corrected chi connectivity index (χ4v) is 2.89. The van der Waals surface area contributed by atoms with Crippen molar-refractivity contribution in [2.24, 2.45) is 0 Å². The molecule has 1 unspecified atom stereocenters. The molecule has 0 saturated carbocycles. The summed E-state index contributed by atoms with van der Waals surface area (Å²) in [5, 5.41) is 4.82. The summed E-state index contributed by atoms with van der Waals surface area (Å²) in [7, 11) is 1.78. The van der Waals surface area contributed by atoms with Gasteiger partial charge < -0.3 is 10.2 Å². The lowest BCUT2D eigenvalue weighted by atomic mass is 10.2. The number of nitrogens with zero attached hydrogens (tertiary/aromatic N) is 2. The van der Waals surface area contributed by atoms with Crippen LogP contribution in [-0.2, 0) is 6.42 Å². The number of anilines is 2. The van der Waals surface area contributed by atoms with Gasteiger partial charge in [0, 0.05) is 37.0 Å². The van der Waals surface area contributed by atoms with Crippen molar-refractivity contribution in [1.29, 1.82) is 0 Å². The summed E-state index contributed by atoms with van der Waals surface area (Å²) in [6.45, 7) is 4.37. The molecule has 3 nitrogen and oxygen atoms in total. The Morgan fingerprint density at radius 1 is 1.38 bits per heavy atom. The fourth-order valence-electron chi connectivity index (χ4n) is 2.06. The van der Waals surface area contributed by atoms with Gasteiger partial charge in [-0.3, -0.25) is 0 Å². The Labute approximate surface area is 127 Å². The standard InChI is InChI=1S/C15H19F2N3S/c1-4-18-14-12(16)9-13(17)15(19-14)20(3)10(2)8-11-6-5-7-21-11/h5-7,9-10H,4,8H2,1-3H3,(H,18,19). The third-order valence-corrected chi connectivity index (χ3v) is 4.23. The predicted molar refractivity (Wildman–Crippen MR) is 84.2 cm³/mol.